The third-order valence-corrected chi connectivity index (χ3v) is 5.42. The molecule has 0 aromatic carbocycles. The Bertz CT molecular complexity index is 388. The van der Waals surface area contributed by atoms with Crippen LogP contribution >= 0.6 is 0 Å². The zero-order valence-corrected chi connectivity index (χ0v) is 14.6. The predicted molar refractivity (Wildman–Crippen MR) is 84.9 cm³/mol. The Hall–Kier alpha value is -0.540. The van der Waals surface area contributed by atoms with Crippen LogP contribution in [-0.2, 0) is 14.2 Å². The van der Waals surface area contributed by atoms with Crippen LogP contribution in [-0.4, -0.2) is 24.6 Å². The van der Waals surface area contributed by atoms with E-state index in [-0.39, 0.29) is 11.0 Å². The zero-order valence-electron chi connectivity index (χ0n) is 14.6. The molecule has 1 aliphatic heterocycles. The molecule has 0 unspecified atom stereocenters. The first-order valence-corrected chi connectivity index (χ1v) is 8.37. The van der Waals surface area contributed by atoms with E-state index >= 15 is 0 Å². The van der Waals surface area contributed by atoms with Crippen LogP contribution < -0.4 is 0 Å². The van der Waals surface area contributed by atoms with Gasteiger partial charge in [-0.05, 0) is 57.9 Å². The SMILES string of the molecule is CCO/C=C/C[C@]1(C)CC[C@@H](C(C)C)[C@]12COC(C)(C)O2. The minimum Gasteiger partial charge on any atom is -0.502 e. The molecule has 1 aliphatic carbocycles. The standard InChI is InChI=1S/C18H32O3/c1-7-19-12-8-10-17(6)11-9-15(14(2)3)18(17)13-20-16(4,5)21-18/h8,12,14-15H,7,9-11,13H2,1-6H3/b12-8+/t15-,17+,18+/m0/s1. The van der Waals surface area contributed by atoms with Gasteiger partial charge >= 0.3 is 0 Å². The smallest absolute Gasteiger partial charge is 0.163 e. The van der Waals surface area contributed by atoms with Crippen molar-refractivity contribution in [2.24, 2.45) is 17.3 Å². The maximum absolute atomic E-state index is 6.55. The van der Waals surface area contributed by atoms with Crippen molar-refractivity contribution in [1.82, 2.24) is 0 Å². The van der Waals surface area contributed by atoms with Crippen LogP contribution in [0.1, 0.15) is 60.8 Å². The number of hydrogen-bond acceptors (Lipinski definition) is 3. The Morgan fingerprint density at radius 3 is 2.52 bits per heavy atom. The van der Waals surface area contributed by atoms with Crippen LogP contribution in [0.4, 0.5) is 0 Å². The first-order valence-electron chi connectivity index (χ1n) is 8.37. The van der Waals surface area contributed by atoms with Crippen LogP contribution in [0.5, 0.6) is 0 Å². The van der Waals surface area contributed by atoms with Crippen LogP contribution in [0.15, 0.2) is 12.3 Å². The van der Waals surface area contributed by atoms with Crippen molar-refractivity contribution in [3.63, 3.8) is 0 Å². The summed E-state index contributed by atoms with van der Waals surface area (Å²) in [5, 5.41) is 0. The van der Waals surface area contributed by atoms with Crippen molar-refractivity contribution < 1.29 is 14.2 Å². The Kier molecular flexibility index (Phi) is 4.75. The third-order valence-electron chi connectivity index (χ3n) is 5.42. The van der Waals surface area contributed by atoms with E-state index < -0.39 is 5.79 Å². The van der Waals surface area contributed by atoms with Gasteiger partial charge in [-0.3, -0.25) is 0 Å². The Morgan fingerprint density at radius 2 is 2.00 bits per heavy atom. The maximum atomic E-state index is 6.55. The van der Waals surface area contributed by atoms with Crippen molar-refractivity contribution in [2.45, 2.75) is 72.2 Å². The molecular formula is C18H32O3. The van der Waals surface area contributed by atoms with Gasteiger partial charge in [-0.25, -0.2) is 0 Å². The highest BCUT2D eigenvalue weighted by atomic mass is 16.8. The van der Waals surface area contributed by atoms with Gasteiger partial charge in [0.05, 0.1) is 19.5 Å². The van der Waals surface area contributed by atoms with Gasteiger partial charge in [0.25, 0.3) is 0 Å². The van der Waals surface area contributed by atoms with E-state index in [2.05, 4.69) is 26.8 Å². The summed E-state index contributed by atoms with van der Waals surface area (Å²) in [6, 6.07) is 0. The van der Waals surface area contributed by atoms with E-state index in [9.17, 15) is 0 Å². The number of allylic oxidation sites excluding steroid dienone is 1. The molecule has 0 aromatic heterocycles. The molecule has 0 N–H and O–H groups in total. The molecule has 0 amide bonds. The summed E-state index contributed by atoms with van der Waals surface area (Å²) in [7, 11) is 0. The van der Waals surface area contributed by atoms with Gasteiger partial charge < -0.3 is 14.2 Å². The second-order valence-corrected chi connectivity index (χ2v) is 7.66. The number of hydrogen-bond donors (Lipinski definition) is 0. The van der Waals surface area contributed by atoms with Crippen LogP contribution in [0, 0.1) is 17.3 Å². The molecule has 0 bridgehead atoms. The fourth-order valence-electron chi connectivity index (χ4n) is 4.24. The molecule has 3 atom stereocenters. The predicted octanol–water partition coefficient (Wildman–Crippen LogP) is 4.52. The molecule has 1 spiro atoms. The Balaban J connectivity index is 2.24. The molecule has 2 rings (SSSR count). The molecular weight excluding hydrogens is 264 g/mol. The minimum absolute atomic E-state index is 0.114. The molecule has 1 heterocycles. The lowest BCUT2D eigenvalue weighted by molar-refractivity contribution is -0.196. The highest BCUT2D eigenvalue weighted by molar-refractivity contribution is 5.12. The van der Waals surface area contributed by atoms with Crippen molar-refractivity contribution >= 4 is 0 Å². The van der Waals surface area contributed by atoms with E-state index in [1.165, 1.54) is 12.8 Å². The summed E-state index contributed by atoms with van der Waals surface area (Å²) >= 11 is 0. The van der Waals surface area contributed by atoms with Crippen molar-refractivity contribution in [3.8, 4) is 0 Å². The van der Waals surface area contributed by atoms with E-state index in [0.29, 0.717) is 18.4 Å². The van der Waals surface area contributed by atoms with Crippen LogP contribution in [0.25, 0.3) is 0 Å². The van der Waals surface area contributed by atoms with Gasteiger partial charge in [0.2, 0.25) is 0 Å². The van der Waals surface area contributed by atoms with Gasteiger partial charge in [-0.15, -0.1) is 0 Å². The monoisotopic (exact) mass is 296 g/mol. The average Bonchev–Trinajstić information content (AvgIpc) is 2.85. The summed E-state index contributed by atoms with van der Waals surface area (Å²) in [6.45, 7) is 14.5. The fourth-order valence-corrected chi connectivity index (χ4v) is 4.24. The highest BCUT2D eigenvalue weighted by Gasteiger charge is 2.63. The lowest BCUT2D eigenvalue weighted by Gasteiger charge is -2.44. The van der Waals surface area contributed by atoms with Crippen molar-refractivity contribution in [1.29, 1.82) is 0 Å². The molecule has 2 fully saturated rings. The molecule has 1 saturated carbocycles. The quantitative estimate of drug-likeness (QED) is 0.698. The molecule has 122 valence electrons. The summed E-state index contributed by atoms with van der Waals surface area (Å²) < 4.78 is 17.9. The van der Waals surface area contributed by atoms with E-state index in [1.54, 1.807) is 0 Å². The van der Waals surface area contributed by atoms with E-state index in [0.717, 1.165) is 13.0 Å². The summed E-state index contributed by atoms with van der Waals surface area (Å²) in [6.07, 6.45) is 7.38. The Morgan fingerprint density at radius 1 is 1.29 bits per heavy atom. The first kappa shape index (κ1) is 16.8. The normalized spacial score (nSPS) is 38.9. The van der Waals surface area contributed by atoms with E-state index in [1.807, 2.05) is 27.0 Å². The summed E-state index contributed by atoms with van der Waals surface area (Å²) in [5.74, 6) is 0.701. The second kappa shape index (κ2) is 5.92. The van der Waals surface area contributed by atoms with Crippen LogP contribution in [0.2, 0.25) is 0 Å². The van der Waals surface area contributed by atoms with Crippen LogP contribution in [0.3, 0.4) is 0 Å². The maximum Gasteiger partial charge on any atom is 0.163 e. The summed E-state index contributed by atoms with van der Waals surface area (Å²) in [5.41, 5.74) is -0.0511. The average molecular weight is 296 g/mol. The van der Waals surface area contributed by atoms with Gasteiger partial charge in [-0.1, -0.05) is 20.8 Å². The van der Waals surface area contributed by atoms with Gasteiger partial charge in [-0.2, -0.15) is 0 Å². The molecule has 3 nitrogen and oxygen atoms in total. The van der Waals surface area contributed by atoms with E-state index in [4.69, 9.17) is 14.2 Å². The molecule has 21 heavy (non-hydrogen) atoms. The summed E-state index contributed by atoms with van der Waals surface area (Å²) in [4.78, 5) is 0. The van der Waals surface area contributed by atoms with Gasteiger partial charge in [0, 0.05) is 5.41 Å². The number of ether oxygens (including phenoxy) is 3. The molecule has 2 aliphatic rings. The van der Waals surface area contributed by atoms with Crippen molar-refractivity contribution in [2.75, 3.05) is 13.2 Å². The molecule has 0 aromatic rings. The highest BCUT2D eigenvalue weighted by Crippen LogP contribution is 2.60. The lowest BCUT2D eigenvalue weighted by atomic mass is 9.68. The second-order valence-electron chi connectivity index (χ2n) is 7.66. The largest absolute Gasteiger partial charge is 0.502 e. The molecule has 3 heteroatoms. The van der Waals surface area contributed by atoms with Gasteiger partial charge in [0.15, 0.2) is 5.79 Å². The third kappa shape index (κ3) is 3.00. The zero-order chi connectivity index (χ0) is 15.7. The lowest BCUT2D eigenvalue weighted by Crippen LogP contribution is -2.51. The first-order chi connectivity index (χ1) is 9.76. The fraction of sp³-hybridized carbons (Fsp3) is 0.889. The number of rotatable bonds is 5. The topological polar surface area (TPSA) is 27.7 Å². The van der Waals surface area contributed by atoms with Crippen molar-refractivity contribution in [3.05, 3.63) is 12.3 Å². The minimum atomic E-state index is -0.470. The molecule has 1 saturated heterocycles. The Labute approximate surface area is 130 Å². The molecule has 0 radical (unpaired) electrons. The van der Waals surface area contributed by atoms with Gasteiger partial charge in [0.1, 0.15) is 5.60 Å².